The summed E-state index contributed by atoms with van der Waals surface area (Å²) in [6.45, 7) is 1.80. The van der Waals surface area contributed by atoms with E-state index in [2.05, 4.69) is 4.74 Å². The summed E-state index contributed by atoms with van der Waals surface area (Å²) in [6.07, 6.45) is 0. The van der Waals surface area contributed by atoms with Crippen molar-refractivity contribution < 1.29 is 19.0 Å². The van der Waals surface area contributed by atoms with Crippen LogP contribution >= 0.6 is 0 Å². The molecule has 0 saturated heterocycles. The normalized spacial score (nSPS) is 15.6. The quantitative estimate of drug-likeness (QED) is 0.554. The lowest BCUT2D eigenvalue weighted by molar-refractivity contribution is -0.169. The first-order valence-corrected chi connectivity index (χ1v) is 3.23. The van der Waals surface area contributed by atoms with Crippen molar-refractivity contribution in [2.45, 2.75) is 12.5 Å². The summed E-state index contributed by atoms with van der Waals surface area (Å²) in [5.74, 6) is -0.429. The van der Waals surface area contributed by atoms with Crippen LogP contribution in [0, 0.1) is 0 Å². The Labute approximate surface area is 66.4 Å². The van der Waals surface area contributed by atoms with Crippen LogP contribution in [-0.4, -0.2) is 39.5 Å². The molecule has 1 unspecified atom stereocenters. The van der Waals surface area contributed by atoms with Crippen LogP contribution in [0.15, 0.2) is 0 Å². The lowest BCUT2D eigenvalue weighted by Crippen LogP contribution is -2.42. The maximum absolute atomic E-state index is 11.0. The molecule has 0 heterocycles. The Balaban J connectivity index is 4.19. The number of esters is 1. The van der Waals surface area contributed by atoms with Crippen LogP contribution in [0.3, 0.4) is 0 Å². The van der Waals surface area contributed by atoms with Crippen LogP contribution in [0.25, 0.3) is 0 Å². The Kier molecular flexibility index (Phi) is 4.07. The molecule has 0 radical (unpaired) electrons. The average molecular weight is 162 g/mol. The van der Waals surface area contributed by atoms with Gasteiger partial charge in [0.05, 0.1) is 13.7 Å². The summed E-state index contributed by atoms with van der Waals surface area (Å²) >= 11 is 0. The second kappa shape index (κ2) is 4.31. The van der Waals surface area contributed by atoms with Gasteiger partial charge < -0.3 is 14.2 Å². The molecule has 0 aliphatic heterocycles. The van der Waals surface area contributed by atoms with Crippen molar-refractivity contribution in [3.8, 4) is 0 Å². The van der Waals surface area contributed by atoms with E-state index in [1.54, 1.807) is 6.92 Å². The monoisotopic (exact) mass is 162 g/mol. The smallest absolute Gasteiger partial charge is 0.340 e. The first-order valence-electron chi connectivity index (χ1n) is 3.23. The van der Waals surface area contributed by atoms with E-state index in [0.29, 0.717) is 0 Å². The van der Waals surface area contributed by atoms with Crippen molar-refractivity contribution in [3.05, 3.63) is 0 Å². The highest BCUT2D eigenvalue weighted by Crippen LogP contribution is 2.10. The van der Waals surface area contributed by atoms with Crippen LogP contribution < -0.4 is 0 Å². The number of carbonyl (C=O) groups is 1. The Morgan fingerprint density at radius 3 is 2.18 bits per heavy atom. The molecule has 0 aromatic heterocycles. The van der Waals surface area contributed by atoms with Crippen LogP contribution in [0.2, 0.25) is 0 Å². The van der Waals surface area contributed by atoms with Gasteiger partial charge in [-0.3, -0.25) is 0 Å². The van der Waals surface area contributed by atoms with Crippen molar-refractivity contribution in [3.63, 3.8) is 0 Å². The van der Waals surface area contributed by atoms with E-state index in [9.17, 15) is 4.79 Å². The maximum atomic E-state index is 11.0. The Morgan fingerprint density at radius 2 is 1.91 bits per heavy atom. The SMILES string of the molecule is COCC(C)(OC)C(=O)OC. The van der Waals surface area contributed by atoms with Gasteiger partial charge in [-0.05, 0) is 6.92 Å². The van der Waals surface area contributed by atoms with E-state index < -0.39 is 11.6 Å². The van der Waals surface area contributed by atoms with E-state index in [1.165, 1.54) is 21.3 Å². The van der Waals surface area contributed by atoms with Gasteiger partial charge in [-0.1, -0.05) is 0 Å². The van der Waals surface area contributed by atoms with Crippen LogP contribution in [0.1, 0.15) is 6.92 Å². The van der Waals surface area contributed by atoms with Gasteiger partial charge in [0.2, 0.25) is 0 Å². The summed E-state index contributed by atoms with van der Waals surface area (Å²) in [6, 6.07) is 0. The number of hydrogen-bond donors (Lipinski definition) is 0. The van der Waals surface area contributed by atoms with Crippen molar-refractivity contribution in [2.75, 3.05) is 27.9 Å². The van der Waals surface area contributed by atoms with Crippen molar-refractivity contribution in [2.24, 2.45) is 0 Å². The Hall–Kier alpha value is -0.610. The minimum atomic E-state index is -0.983. The summed E-state index contributed by atoms with van der Waals surface area (Å²) in [5.41, 5.74) is -0.983. The summed E-state index contributed by atoms with van der Waals surface area (Å²) in [7, 11) is 4.26. The third-order valence-electron chi connectivity index (χ3n) is 1.49. The number of rotatable bonds is 4. The number of carbonyl (C=O) groups excluding carboxylic acids is 1. The molecule has 66 valence electrons. The molecule has 0 aliphatic carbocycles. The molecule has 0 saturated carbocycles. The zero-order valence-electron chi connectivity index (χ0n) is 7.34. The van der Waals surface area contributed by atoms with Gasteiger partial charge in [-0.25, -0.2) is 4.79 Å². The van der Waals surface area contributed by atoms with Gasteiger partial charge in [0.1, 0.15) is 0 Å². The molecule has 11 heavy (non-hydrogen) atoms. The van der Waals surface area contributed by atoms with E-state index in [1.807, 2.05) is 0 Å². The Bertz CT molecular complexity index is 134. The second-order valence-electron chi connectivity index (χ2n) is 2.36. The van der Waals surface area contributed by atoms with E-state index >= 15 is 0 Å². The molecular formula is C7H14O4. The van der Waals surface area contributed by atoms with Gasteiger partial charge in [0.25, 0.3) is 0 Å². The van der Waals surface area contributed by atoms with Crippen LogP contribution in [-0.2, 0) is 19.0 Å². The summed E-state index contributed by atoms with van der Waals surface area (Å²) in [4.78, 5) is 11.0. The fourth-order valence-electron chi connectivity index (χ4n) is 0.693. The molecule has 0 N–H and O–H groups in total. The number of ether oxygens (including phenoxy) is 3. The van der Waals surface area contributed by atoms with Gasteiger partial charge >= 0.3 is 5.97 Å². The van der Waals surface area contributed by atoms with Crippen molar-refractivity contribution >= 4 is 5.97 Å². The zero-order chi connectivity index (χ0) is 8.91. The van der Waals surface area contributed by atoms with Crippen LogP contribution in [0.4, 0.5) is 0 Å². The lowest BCUT2D eigenvalue weighted by atomic mass is 10.1. The molecule has 4 heteroatoms. The highest BCUT2D eigenvalue weighted by atomic mass is 16.6. The van der Waals surface area contributed by atoms with Gasteiger partial charge in [-0.15, -0.1) is 0 Å². The van der Waals surface area contributed by atoms with E-state index in [4.69, 9.17) is 9.47 Å². The fourth-order valence-corrected chi connectivity index (χ4v) is 0.693. The molecule has 0 rings (SSSR count). The first kappa shape index (κ1) is 10.4. The molecule has 0 aromatic rings. The molecule has 0 bridgehead atoms. The molecular weight excluding hydrogens is 148 g/mol. The van der Waals surface area contributed by atoms with E-state index in [0.717, 1.165) is 0 Å². The highest BCUT2D eigenvalue weighted by molar-refractivity contribution is 5.79. The predicted octanol–water partition coefficient (Wildman–Crippen LogP) is 0.211. The zero-order valence-corrected chi connectivity index (χ0v) is 7.34. The first-order chi connectivity index (χ1) is 5.10. The maximum Gasteiger partial charge on any atom is 0.340 e. The Morgan fingerprint density at radius 1 is 1.36 bits per heavy atom. The minimum absolute atomic E-state index is 0.191. The average Bonchev–Trinajstić information content (AvgIpc) is 2.03. The van der Waals surface area contributed by atoms with Crippen LogP contribution in [0.5, 0.6) is 0 Å². The topological polar surface area (TPSA) is 44.8 Å². The molecule has 0 aliphatic rings. The number of hydrogen-bond acceptors (Lipinski definition) is 4. The van der Waals surface area contributed by atoms with Crippen molar-refractivity contribution in [1.82, 2.24) is 0 Å². The summed E-state index contributed by atoms with van der Waals surface area (Å²) in [5, 5.41) is 0. The predicted molar refractivity (Wildman–Crippen MR) is 39.3 cm³/mol. The van der Waals surface area contributed by atoms with Gasteiger partial charge in [0.15, 0.2) is 5.60 Å². The fraction of sp³-hybridized carbons (Fsp3) is 0.857. The molecule has 1 atom stereocenters. The van der Waals surface area contributed by atoms with Crippen molar-refractivity contribution in [1.29, 1.82) is 0 Å². The minimum Gasteiger partial charge on any atom is -0.467 e. The molecule has 0 spiro atoms. The summed E-state index contributed by atoms with van der Waals surface area (Å²) < 4.78 is 14.2. The number of methoxy groups -OCH3 is 3. The highest BCUT2D eigenvalue weighted by Gasteiger charge is 2.34. The standard InChI is InChI=1S/C7H14O4/c1-7(11-4,5-9-2)6(8)10-3/h5H2,1-4H3. The molecule has 0 fully saturated rings. The molecule has 0 amide bonds. The lowest BCUT2D eigenvalue weighted by Gasteiger charge is -2.23. The molecule has 4 nitrogen and oxygen atoms in total. The van der Waals surface area contributed by atoms with Gasteiger partial charge in [0, 0.05) is 14.2 Å². The van der Waals surface area contributed by atoms with Gasteiger partial charge in [-0.2, -0.15) is 0 Å². The van der Waals surface area contributed by atoms with E-state index in [-0.39, 0.29) is 6.61 Å². The second-order valence-corrected chi connectivity index (χ2v) is 2.36. The largest absolute Gasteiger partial charge is 0.467 e. The molecule has 0 aromatic carbocycles. The third kappa shape index (κ3) is 2.48. The third-order valence-corrected chi connectivity index (χ3v) is 1.49.